The molecule has 176 valence electrons. The third-order valence-corrected chi connectivity index (χ3v) is 6.12. The minimum atomic E-state index is -4.68. The number of anilines is 3. The first-order valence-electron chi connectivity index (χ1n) is 10.9. The summed E-state index contributed by atoms with van der Waals surface area (Å²) >= 11 is 0. The number of carbonyl (C=O) groups excluding carboxylic acids is 2. The van der Waals surface area contributed by atoms with Gasteiger partial charge in [0.25, 0.3) is 5.56 Å². The Morgan fingerprint density at radius 1 is 1.24 bits per heavy atom. The first-order chi connectivity index (χ1) is 15.7. The van der Waals surface area contributed by atoms with E-state index in [2.05, 4.69) is 20.6 Å². The molecule has 1 fully saturated rings. The van der Waals surface area contributed by atoms with Gasteiger partial charge in [-0.05, 0) is 37.8 Å². The number of piperidine rings is 1. The van der Waals surface area contributed by atoms with Crippen LogP contribution in [0, 0.1) is 0 Å². The number of fused-ring (bicyclic) bond motifs is 1. The zero-order valence-electron chi connectivity index (χ0n) is 18.0. The van der Waals surface area contributed by atoms with Crippen molar-refractivity contribution in [3.05, 3.63) is 45.7 Å². The highest BCUT2D eigenvalue weighted by atomic mass is 19.4. The number of benzene rings is 1. The van der Waals surface area contributed by atoms with Crippen LogP contribution in [0.2, 0.25) is 0 Å². The molecule has 1 saturated heterocycles. The Hall–Kier alpha value is -3.37. The maximum absolute atomic E-state index is 13.3. The van der Waals surface area contributed by atoms with Crippen molar-refractivity contribution < 1.29 is 22.8 Å². The lowest BCUT2D eigenvalue weighted by Gasteiger charge is -2.36. The van der Waals surface area contributed by atoms with Crippen LogP contribution in [0.5, 0.6) is 0 Å². The van der Waals surface area contributed by atoms with Gasteiger partial charge in [-0.3, -0.25) is 19.4 Å². The monoisotopic (exact) mass is 463 g/mol. The lowest BCUT2D eigenvalue weighted by atomic mass is 9.92. The summed E-state index contributed by atoms with van der Waals surface area (Å²) in [6.07, 6.45) is -1.23. The van der Waals surface area contributed by atoms with Gasteiger partial charge in [-0.15, -0.1) is 0 Å². The number of alkyl halides is 3. The second kappa shape index (κ2) is 8.87. The van der Waals surface area contributed by atoms with E-state index in [0.29, 0.717) is 12.5 Å². The van der Waals surface area contributed by atoms with E-state index in [1.165, 1.54) is 12.1 Å². The third-order valence-electron chi connectivity index (χ3n) is 6.12. The number of carbonyl (C=O) groups is 2. The van der Waals surface area contributed by atoms with Gasteiger partial charge >= 0.3 is 6.18 Å². The van der Waals surface area contributed by atoms with Crippen LogP contribution < -0.4 is 21.1 Å². The van der Waals surface area contributed by atoms with Crippen molar-refractivity contribution in [3.63, 3.8) is 0 Å². The van der Waals surface area contributed by atoms with Crippen LogP contribution >= 0.6 is 0 Å². The molecular formula is C22H24F3N5O3. The average molecular weight is 463 g/mol. The highest BCUT2D eigenvalue weighted by Crippen LogP contribution is 2.36. The number of rotatable bonds is 4. The Morgan fingerprint density at radius 3 is 2.73 bits per heavy atom. The molecule has 0 radical (unpaired) electrons. The average Bonchev–Trinajstić information content (AvgIpc) is 2.77. The van der Waals surface area contributed by atoms with E-state index in [9.17, 15) is 27.6 Å². The third kappa shape index (κ3) is 4.57. The van der Waals surface area contributed by atoms with Crippen LogP contribution in [0.3, 0.4) is 0 Å². The molecular weight excluding hydrogens is 439 g/mol. The van der Waals surface area contributed by atoms with Crippen LogP contribution in [0.1, 0.15) is 56.1 Å². The number of aromatic amines is 1. The maximum atomic E-state index is 13.3. The van der Waals surface area contributed by atoms with Crippen molar-refractivity contribution in [2.45, 2.75) is 57.2 Å². The summed E-state index contributed by atoms with van der Waals surface area (Å²) in [6.45, 7) is 2.74. The van der Waals surface area contributed by atoms with Crippen molar-refractivity contribution in [2.75, 3.05) is 22.1 Å². The van der Waals surface area contributed by atoms with Gasteiger partial charge in [0, 0.05) is 19.0 Å². The van der Waals surface area contributed by atoms with Gasteiger partial charge in [0.1, 0.15) is 5.82 Å². The van der Waals surface area contributed by atoms with E-state index in [-0.39, 0.29) is 23.8 Å². The second-order valence-corrected chi connectivity index (χ2v) is 8.24. The molecule has 3 N–H and O–H groups in total. The van der Waals surface area contributed by atoms with Gasteiger partial charge < -0.3 is 15.5 Å². The van der Waals surface area contributed by atoms with Crippen molar-refractivity contribution in [1.29, 1.82) is 0 Å². The van der Waals surface area contributed by atoms with Gasteiger partial charge in [-0.25, -0.2) is 0 Å². The minimum Gasteiger partial charge on any atom is -0.339 e. The predicted molar refractivity (Wildman–Crippen MR) is 116 cm³/mol. The lowest BCUT2D eigenvalue weighted by Crippen LogP contribution is -2.43. The first-order valence-corrected chi connectivity index (χ1v) is 10.9. The van der Waals surface area contributed by atoms with E-state index in [1.807, 2.05) is 11.8 Å². The number of amides is 2. The van der Waals surface area contributed by atoms with E-state index in [1.54, 1.807) is 0 Å². The Morgan fingerprint density at radius 2 is 2.00 bits per heavy atom. The first kappa shape index (κ1) is 22.8. The standard InChI is InChI=1S/C22H24F3N5O3/c1-2-12-7-5-6-10-30(12)21-28-18-17(20(33)29-21)13(11-16(31)27-18)19(32)26-15-9-4-3-8-14(15)22(23,24)25/h3-4,8-9,12-13H,2,5-7,10-11H2,1H3,(H,26,32)(H2,27,28,29,31,33). The van der Waals surface area contributed by atoms with Gasteiger partial charge in [-0.1, -0.05) is 19.1 Å². The highest BCUT2D eigenvalue weighted by molar-refractivity contribution is 6.04. The van der Waals surface area contributed by atoms with E-state index < -0.39 is 40.7 Å². The number of nitrogens with one attached hydrogen (secondary N) is 3. The fraction of sp³-hybridized carbons (Fsp3) is 0.455. The normalized spacial score (nSPS) is 20.7. The topological polar surface area (TPSA) is 107 Å². The lowest BCUT2D eigenvalue weighted by molar-refractivity contribution is -0.137. The zero-order valence-corrected chi connectivity index (χ0v) is 18.0. The molecule has 0 saturated carbocycles. The summed E-state index contributed by atoms with van der Waals surface area (Å²) in [5.41, 5.74) is -2.12. The molecule has 2 aliphatic rings. The second-order valence-electron chi connectivity index (χ2n) is 8.24. The molecule has 2 aliphatic heterocycles. The molecule has 3 heterocycles. The molecule has 2 aromatic rings. The molecule has 2 unspecified atom stereocenters. The molecule has 1 aromatic heterocycles. The molecule has 2 atom stereocenters. The number of aromatic nitrogens is 2. The summed E-state index contributed by atoms with van der Waals surface area (Å²) in [4.78, 5) is 47.4. The van der Waals surface area contributed by atoms with Crippen LogP contribution in [-0.2, 0) is 15.8 Å². The van der Waals surface area contributed by atoms with E-state index in [0.717, 1.165) is 37.8 Å². The zero-order chi connectivity index (χ0) is 23.8. The smallest absolute Gasteiger partial charge is 0.339 e. The van der Waals surface area contributed by atoms with E-state index >= 15 is 0 Å². The molecule has 8 nitrogen and oxygen atoms in total. The summed E-state index contributed by atoms with van der Waals surface area (Å²) in [7, 11) is 0. The number of halogens is 3. The van der Waals surface area contributed by atoms with Crippen molar-refractivity contribution in [1.82, 2.24) is 9.97 Å². The van der Waals surface area contributed by atoms with Crippen molar-refractivity contribution in [2.24, 2.45) is 0 Å². The molecule has 11 heteroatoms. The molecule has 0 aliphatic carbocycles. The fourth-order valence-electron chi connectivity index (χ4n) is 4.48. The Labute approximate surface area is 187 Å². The maximum Gasteiger partial charge on any atom is 0.418 e. The quantitative estimate of drug-likeness (QED) is 0.642. The Kier molecular flexibility index (Phi) is 6.13. The predicted octanol–water partition coefficient (Wildman–Crippen LogP) is 3.62. The molecule has 0 bridgehead atoms. The molecule has 4 rings (SSSR count). The summed E-state index contributed by atoms with van der Waals surface area (Å²) < 4.78 is 39.9. The van der Waals surface area contributed by atoms with Crippen LogP contribution in [0.4, 0.5) is 30.6 Å². The van der Waals surface area contributed by atoms with Gasteiger partial charge in [0.05, 0.1) is 22.7 Å². The summed E-state index contributed by atoms with van der Waals surface area (Å²) in [5, 5.41) is 4.78. The van der Waals surface area contributed by atoms with Gasteiger partial charge in [-0.2, -0.15) is 18.2 Å². The van der Waals surface area contributed by atoms with E-state index in [4.69, 9.17) is 0 Å². The van der Waals surface area contributed by atoms with Gasteiger partial charge in [0.2, 0.25) is 17.8 Å². The van der Waals surface area contributed by atoms with Crippen molar-refractivity contribution in [3.8, 4) is 0 Å². The number of para-hydroxylation sites is 1. The minimum absolute atomic E-state index is 0.0327. The number of hydrogen-bond donors (Lipinski definition) is 3. The van der Waals surface area contributed by atoms with Crippen LogP contribution in [0.15, 0.2) is 29.1 Å². The summed E-state index contributed by atoms with van der Waals surface area (Å²) in [6, 6.07) is 4.73. The number of H-pyrrole nitrogens is 1. The largest absolute Gasteiger partial charge is 0.418 e. The number of nitrogens with zero attached hydrogens (tertiary/aromatic N) is 2. The van der Waals surface area contributed by atoms with Crippen LogP contribution in [-0.4, -0.2) is 34.4 Å². The van der Waals surface area contributed by atoms with Crippen LogP contribution in [0.25, 0.3) is 0 Å². The molecule has 0 spiro atoms. The Bertz CT molecular complexity index is 1130. The highest BCUT2D eigenvalue weighted by Gasteiger charge is 2.38. The molecule has 1 aromatic carbocycles. The Balaban J connectivity index is 1.67. The number of hydrogen-bond acceptors (Lipinski definition) is 5. The molecule has 33 heavy (non-hydrogen) atoms. The molecule has 2 amide bonds. The SMILES string of the molecule is CCC1CCCCN1c1nc2c(c(=O)[nH]1)C(C(=O)Nc1ccccc1C(F)(F)F)CC(=O)N2. The van der Waals surface area contributed by atoms with Gasteiger partial charge in [0.15, 0.2) is 0 Å². The fourth-order valence-corrected chi connectivity index (χ4v) is 4.48. The van der Waals surface area contributed by atoms with Crippen molar-refractivity contribution >= 4 is 29.3 Å². The summed E-state index contributed by atoms with van der Waals surface area (Å²) in [5.74, 6) is -2.42.